The predicted octanol–water partition coefficient (Wildman–Crippen LogP) is 3.36. The minimum Gasteiger partial charge on any atom is -0.508 e. The molecule has 3 rings (SSSR count). The summed E-state index contributed by atoms with van der Waals surface area (Å²) < 4.78 is 5.17. The molecule has 4 nitrogen and oxygen atoms in total. The highest BCUT2D eigenvalue weighted by Crippen LogP contribution is 2.37. The molecule has 4 heteroatoms. The number of nitrogens with zero attached hydrogens (tertiary/aromatic N) is 1. The van der Waals surface area contributed by atoms with Gasteiger partial charge in [0, 0.05) is 5.56 Å². The van der Waals surface area contributed by atoms with Crippen LogP contribution in [0.5, 0.6) is 5.75 Å². The van der Waals surface area contributed by atoms with Crippen molar-refractivity contribution in [3.05, 3.63) is 59.7 Å². The molecule has 0 radical (unpaired) electrons. The number of hydrogen-bond donors (Lipinski definition) is 1. The standard InChI is InChI=1S/C15H13NO3/c1-10-2-6-12(7-3-10)16-14(19-15(16)18)11-4-8-13(17)9-5-11/h2-9,14,17H,1H3. The van der Waals surface area contributed by atoms with Crippen LogP contribution >= 0.6 is 0 Å². The van der Waals surface area contributed by atoms with E-state index in [1.165, 1.54) is 0 Å². The average Bonchev–Trinajstić information content (AvgIpc) is 2.40. The van der Waals surface area contributed by atoms with E-state index in [0.29, 0.717) is 0 Å². The summed E-state index contributed by atoms with van der Waals surface area (Å²) in [6.07, 6.45) is -0.780. The number of carbonyl (C=O) groups is 1. The van der Waals surface area contributed by atoms with Gasteiger partial charge in [-0.25, -0.2) is 9.69 Å². The molecule has 1 unspecified atom stereocenters. The van der Waals surface area contributed by atoms with Crippen LogP contribution in [0.1, 0.15) is 17.4 Å². The van der Waals surface area contributed by atoms with Gasteiger partial charge in [-0.15, -0.1) is 0 Å². The SMILES string of the molecule is Cc1ccc(N2C(=O)OC2c2ccc(O)cc2)cc1. The maximum atomic E-state index is 11.6. The first-order valence-electron chi connectivity index (χ1n) is 6.00. The van der Waals surface area contributed by atoms with Crippen molar-refractivity contribution >= 4 is 11.8 Å². The van der Waals surface area contributed by atoms with Gasteiger partial charge in [0.25, 0.3) is 0 Å². The van der Waals surface area contributed by atoms with Gasteiger partial charge in [0.15, 0.2) is 0 Å². The summed E-state index contributed by atoms with van der Waals surface area (Å²) in [4.78, 5) is 13.2. The van der Waals surface area contributed by atoms with E-state index in [1.54, 1.807) is 29.2 Å². The molecule has 19 heavy (non-hydrogen) atoms. The lowest BCUT2D eigenvalue weighted by molar-refractivity contribution is 0.0430. The van der Waals surface area contributed by atoms with Gasteiger partial charge in [-0.05, 0) is 43.3 Å². The van der Waals surface area contributed by atoms with E-state index in [4.69, 9.17) is 4.74 Å². The summed E-state index contributed by atoms with van der Waals surface area (Å²) in [5, 5.41) is 9.27. The van der Waals surface area contributed by atoms with Crippen LogP contribution in [0.3, 0.4) is 0 Å². The molecule has 1 saturated heterocycles. The van der Waals surface area contributed by atoms with Gasteiger partial charge in [-0.3, -0.25) is 0 Å². The summed E-state index contributed by atoms with van der Waals surface area (Å²) in [6, 6.07) is 14.3. The highest BCUT2D eigenvalue weighted by Gasteiger charge is 2.40. The van der Waals surface area contributed by atoms with Crippen molar-refractivity contribution in [1.82, 2.24) is 0 Å². The third-order valence-electron chi connectivity index (χ3n) is 3.13. The van der Waals surface area contributed by atoms with Crippen LogP contribution < -0.4 is 4.90 Å². The van der Waals surface area contributed by atoms with Crippen LogP contribution in [0.25, 0.3) is 0 Å². The minimum atomic E-state index is -0.421. The number of ether oxygens (including phenoxy) is 1. The Morgan fingerprint density at radius 1 is 1.05 bits per heavy atom. The Kier molecular flexibility index (Phi) is 2.63. The second kappa shape index (κ2) is 4.31. The van der Waals surface area contributed by atoms with Crippen LogP contribution in [0, 0.1) is 6.92 Å². The van der Waals surface area contributed by atoms with Gasteiger partial charge in [0.2, 0.25) is 6.23 Å². The molecule has 2 aromatic rings. The largest absolute Gasteiger partial charge is 0.508 e. The third-order valence-corrected chi connectivity index (χ3v) is 3.13. The van der Waals surface area contributed by atoms with Gasteiger partial charge >= 0.3 is 6.09 Å². The summed E-state index contributed by atoms with van der Waals surface area (Å²) in [5.41, 5.74) is 2.77. The molecule has 0 aliphatic carbocycles. The average molecular weight is 255 g/mol. The highest BCUT2D eigenvalue weighted by atomic mass is 16.6. The second-order valence-electron chi connectivity index (χ2n) is 4.53. The zero-order chi connectivity index (χ0) is 13.4. The Hall–Kier alpha value is -2.49. The van der Waals surface area contributed by atoms with Gasteiger partial charge in [0.1, 0.15) is 5.75 Å². The quantitative estimate of drug-likeness (QED) is 0.895. The number of anilines is 1. The molecule has 0 bridgehead atoms. The number of carbonyl (C=O) groups excluding carboxylic acids is 1. The summed E-state index contributed by atoms with van der Waals surface area (Å²) >= 11 is 0. The lowest BCUT2D eigenvalue weighted by Crippen LogP contribution is -2.48. The molecule has 1 N–H and O–H groups in total. The van der Waals surface area contributed by atoms with E-state index in [1.807, 2.05) is 31.2 Å². The molecule has 1 heterocycles. The van der Waals surface area contributed by atoms with E-state index in [0.717, 1.165) is 16.8 Å². The molecule has 1 aliphatic heterocycles. The van der Waals surface area contributed by atoms with Gasteiger partial charge < -0.3 is 9.84 Å². The van der Waals surface area contributed by atoms with Crippen LogP contribution in [0.15, 0.2) is 48.5 Å². The van der Waals surface area contributed by atoms with E-state index in [9.17, 15) is 9.90 Å². The van der Waals surface area contributed by atoms with E-state index < -0.39 is 6.23 Å². The fraction of sp³-hybridized carbons (Fsp3) is 0.133. The Morgan fingerprint density at radius 3 is 2.26 bits per heavy atom. The van der Waals surface area contributed by atoms with Crippen LogP contribution in [0.4, 0.5) is 10.5 Å². The molecule has 1 fully saturated rings. The van der Waals surface area contributed by atoms with Gasteiger partial charge in [0.05, 0.1) is 5.69 Å². The first-order valence-corrected chi connectivity index (χ1v) is 6.00. The lowest BCUT2D eigenvalue weighted by Gasteiger charge is -2.39. The van der Waals surface area contributed by atoms with Crippen molar-refractivity contribution in [1.29, 1.82) is 0 Å². The second-order valence-corrected chi connectivity index (χ2v) is 4.53. The number of phenolic OH excluding ortho intramolecular Hbond substituents is 1. The summed E-state index contributed by atoms with van der Waals surface area (Å²) in [5.74, 6) is 0.191. The number of aromatic hydroxyl groups is 1. The van der Waals surface area contributed by atoms with Crippen molar-refractivity contribution in [3.63, 3.8) is 0 Å². The Morgan fingerprint density at radius 2 is 1.68 bits per heavy atom. The zero-order valence-corrected chi connectivity index (χ0v) is 10.4. The maximum Gasteiger partial charge on any atom is 0.419 e. The van der Waals surface area contributed by atoms with E-state index in [-0.39, 0.29) is 11.8 Å². The first-order chi connectivity index (χ1) is 9.15. The van der Waals surface area contributed by atoms with Crippen LogP contribution in [-0.4, -0.2) is 11.2 Å². The molecule has 0 spiro atoms. The Bertz CT molecular complexity index is 604. The fourth-order valence-corrected chi connectivity index (χ4v) is 2.05. The molecule has 1 amide bonds. The lowest BCUT2D eigenvalue weighted by atomic mass is 10.1. The highest BCUT2D eigenvalue weighted by molar-refractivity contribution is 5.93. The van der Waals surface area contributed by atoms with Crippen LogP contribution in [-0.2, 0) is 4.74 Å². The van der Waals surface area contributed by atoms with Gasteiger partial charge in [-0.2, -0.15) is 0 Å². The Labute approximate surface area is 110 Å². The number of cyclic esters (lactones) is 1. The van der Waals surface area contributed by atoms with Crippen molar-refractivity contribution in [3.8, 4) is 5.75 Å². The smallest absolute Gasteiger partial charge is 0.419 e. The van der Waals surface area contributed by atoms with Crippen molar-refractivity contribution in [2.24, 2.45) is 0 Å². The zero-order valence-electron chi connectivity index (χ0n) is 10.4. The van der Waals surface area contributed by atoms with Crippen molar-refractivity contribution in [2.45, 2.75) is 13.2 Å². The third kappa shape index (κ3) is 2.01. The van der Waals surface area contributed by atoms with E-state index >= 15 is 0 Å². The molecule has 2 aromatic carbocycles. The molecule has 0 saturated carbocycles. The fourth-order valence-electron chi connectivity index (χ4n) is 2.05. The normalized spacial score (nSPS) is 17.8. The number of phenols is 1. The van der Waals surface area contributed by atoms with Crippen molar-refractivity contribution < 1.29 is 14.6 Å². The number of benzene rings is 2. The number of aryl methyl sites for hydroxylation is 1. The van der Waals surface area contributed by atoms with Gasteiger partial charge in [-0.1, -0.05) is 17.7 Å². The minimum absolute atomic E-state index is 0.191. The van der Waals surface area contributed by atoms with Crippen molar-refractivity contribution in [2.75, 3.05) is 4.90 Å². The summed E-state index contributed by atoms with van der Waals surface area (Å²) in [7, 11) is 0. The molecule has 0 aromatic heterocycles. The number of amides is 1. The molecular formula is C15H13NO3. The number of hydrogen-bond acceptors (Lipinski definition) is 3. The maximum absolute atomic E-state index is 11.6. The molecule has 96 valence electrons. The molecule has 1 aliphatic rings. The Balaban J connectivity index is 1.90. The van der Waals surface area contributed by atoms with E-state index in [2.05, 4.69) is 0 Å². The molecular weight excluding hydrogens is 242 g/mol. The first kappa shape index (κ1) is 11.6. The monoisotopic (exact) mass is 255 g/mol. The topological polar surface area (TPSA) is 49.8 Å². The summed E-state index contributed by atoms with van der Waals surface area (Å²) in [6.45, 7) is 2.00. The van der Waals surface area contributed by atoms with Crippen LogP contribution in [0.2, 0.25) is 0 Å². The number of rotatable bonds is 2. The molecule has 1 atom stereocenters. The predicted molar refractivity (Wildman–Crippen MR) is 71.0 cm³/mol.